The van der Waals surface area contributed by atoms with E-state index in [0.29, 0.717) is 13.1 Å². The Morgan fingerprint density at radius 3 is 2.46 bits per heavy atom. The highest BCUT2D eigenvalue weighted by atomic mass is 19.1. The zero-order valence-corrected chi connectivity index (χ0v) is 14.1. The summed E-state index contributed by atoms with van der Waals surface area (Å²) in [6.45, 7) is 4.41. The number of nitrogens with one attached hydrogen (secondary N) is 1. The van der Waals surface area contributed by atoms with Crippen LogP contribution in [-0.2, 0) is 0 Å². The van der Waals surface area contributed by atoms with Crippen molar-refractivity contribution in [1.29, 1.82) is 0 Å². The van der Waals surface area contributed by atoms with Crippen LogP contribution in [0.2, 0.25) is 0 Å². The van der Waals surface area contributed by atoms with Gasteiger partial charge in [0.2, 0.25) is 0 Å². The summed E-state index contributed by atoms with van der Waals surface area (Å²) in [5.41, 5.74) is 0.999. The molecule has 1 amide bonds. The predicted octanol–water partition coefficient (Wildman–Crippen LogP) is 1.88. The second-order valence-electron chi connectivity index (χ2n) is 5.96. The largest absolute Gasteiger partial charge is 0.433 e. The number of nitro groups is 1. The van der Waals surface area contributed by atoms with Gasteiger partial charge >= 0.3 is 5.88 Å². The number of hydrogen-bond acceptors (Lipinski definition) is 6. The molecular formula is C17H19FN4O4. The molecule has 2 heterocycles. The Balaban J connectivity index is 1.40. The summed E-state index contributed by atoms with van der Waals surface area (Å²) in [6, 6.07) is 8.90. The van der Waals surface area contributed by atoms with Gasteiger partial charge in [-0.3, -0.25) is 19.8 Å². The molecule has 0 saturated carbocycles. The molecule has 26 heavy (non-hydrogen) atoms. The molecular weight excluding hydrogens is 343 g/mol. The van der Waals surface area contributed by atoms with E-state index in [1.54, 1.807) is 12.1 Å². The molecule has 0 unspecified atom stereocenters. The average molecular weight is 362 g/mol. The highest BCUT2D eigenvalue weighted by molar-refractivity contribution is 5.91. The van der Waals surface area contributed by atoms with E-state index in [0.717, 1.165) is 37.9 Å². The number of anilines is 1. The molecule has 1 saturated heterocycles. The maximum Gasteiger partial charge on any atom is 0.433 e. The second-order valence-corrected chi connectivity index (χ2v) is 5.96. The van der Waals surface area contributed by atoms with Gasteiger partial charge in [0.05, 0.1) is 6.07 Å². The fourth-order valence-corrected chi connectivity index (χ4v) is 2.84. The molecule has 1 fully saturated rings. The van der Waals surface area contributed by atoms with E-state index >= 15 is 0 Å². The summed E-state index contributed by atoms with van der Waals surface area (Å²) in [5, 5.41) is 13.2. The Bertz CT molecular complexity index is 769. The van der Waals surface area contributed by atoms with Crippen molar-refractivity contribution in [3.05, 3.63) is 58.1 Å². The van der Waals surface area contributed by atoms with Crippen molar-refractivity contribution in [3.63, 3.8) is 0 Å². The van der Waals surface area contributed by atoms with E-state index < -0.39 is 16.7 Å². The maximum atomic E-state index is 13.0. The zero-order chi connectivity index (χ0) is 18.5. The first-order valence-electron chi connectivity index (χ1n) is 8.28. The molecule has 0 atom stereocenters. The number of piperazine rings is 1. The van der Waals surface area contributed by atoms with Crippen molar-refractivity contribution >= 4 is 17.5 Å². The third-order valence-electron chi connectivity index (χ3n) is 4.27. The zero-order valence-electron chi connectivity index (χ0n) is 14.1. The Hall–Kier alpha value is -2.94. The Kier molecular flexibility index (Phi) is 5.47. The number of furan rings is 1. The summed E-state index contributed by atoms with van der Waals surface area (Å²) in [5.74, 6) is -1.24. The van der Waals surface area contributed by atoms with Crippen molar-refractivity contribution in [2.75, 3.05) is 44.2 Å². The quantitative estimate of drug-likeness (QED) is 0.623. The minimum absolute atomic E-state index is 0.0715. The lowest BCUT2D eigenvalue weighted by Gasteiger charge is -2.36. The molecule has 1 aliphatic heterocycles. The van der Waals surface area contributed by atoms with Gasteiger partial charge in [-0.25, -0.2) is 4.39 Å². The fraction of sp³-hybridized carbons (Fsp3) is 0.353. The van der Waals surface area contributed by atoms with Crippen LogP contribution >= 0.6 is 0 Å². The Labute approximate surface area is 149 Å². The number of rotatable bonds is 6. The topological polar surface area (TPSA) is 91.9 Å². The first-order chi connectivity index (χ1) is 12.5. The van der Waals surface area contributed by atoms with Crippen LogP contribution in [0, 0.1) is 15.9 Å². The number of benzene rings is 1. The van der Waals surface area contributed by atoms with Crippen LogP contribution in [0.5, 0.6) is 0 Å². The SMILES string of the molecule is O=C(NCCN1CCN(c2ccc(F)cc2)CC1)c1ccc([N+](=O)[O-])o1. The molecule has 8 nitrogen and oxygen atoms in total. The number of carbonyl (C=O) groups excluding carboxylic acids is 1. The van der Waals surface area contributed by atoms with Gasteiger partial charge in [0.25, 0.3) is 5.91 Å². The smallest absolute Gasteiger partial charge is 0.395 e. The third-order valence-corrected chi connectivity index (χ3v) is 4.27. The molecule has 0 bridgehead atoms. The lowest BCUT2D eigenvalue weighted by atomic mass is 10.2. The van der Waals surface area contributed by atoms with Crippen LogP contribution in [0.1, 0.15) is 10.6 Å². The highest BCUT2D eigenvalue weighted by Crippen LogP contribution is 2.17. The number of amides is 1. The van der Waals surface area contributed by atoms with Gasteiger partial charge in [-0.15, -0.1) is 0 Å². The highest BCUT2D eigenvalue weighted by Gasteiger charge is 2.19. The monoisotopic (exact) mass is 362 g/mol. The summed E-state index contributed by atoms with van der Waals surface area (Å²) >= 11 is 0. The van der Waals surface area contributed by atoms with Gasteiger partial charge in [-0.1, -0.05) is 0 Å². The molecule has 3 rings (SSSR count). The second kappa shape index (κ2) is 7.96. The fourth-order valence-electron chi connectivity index (χ4n) is 2.84. The molecule has 0 spiro atoms. The number of carbonyl (C=O) groups is 1. The molecule has 1 aromatic carbocycles. The van der Waals surface area contributed by atoms with Gasteiger partial charge in [-0.05, 0) is 30.3 Å². The van der Waals surface area contributed by atoms with Gasteiger partial charge in [0.1, 0.15) is 10.7 Å². The molecule has 1 aliphatic rings. The molecule has 1 aromatic heterocycles. The number of nitrogens with zero attached hydrogens (tertiary/aromatic N) is 3. The van der Waals surface area contributed by atoms with Gasteiger partial charge in [-0.2, -0.15) is 0 Å². The molecule has 0 radical (unpaired) electrons. The summed E-state index contributed by atoms with van der Waals surface area (Å²) in [4.78, 5) is 26.2. The van der Waals surface area contributed by atoms with Crippen LogP contribution in [-0.4, -0.2) is 55.0 Å². The lowest BCUT2D eigenvalue weighted by molar-refractivity contribution is -0.402. The molecule has 9 heteroatoms. The van der Waals surface area contributed by atoms with Crippen LogP contribution in [0.15, 0.2) is 40.8 Å². The first kappa shape index (κ1) is 17.9. The first-order valence-corrected chi connectivity index (χ1v) is 8.28. The lowest BCUT2D eigenvalue weighted by Crippen LogP contribution is -2.48. The standard InChI is InChI=1S/C17H19FN4O4/c18-13-1-3-14(4-2-13)21-11-9-20(10-12-21)8-7-19-17(23)15-5-6-16(26-15)22(24)25/h1-6H,7-12H2,(H,19,23). The van der Waals surface area contributed by atoms with E-state index in [-0.39, 0.29) is 11.6 Å². The minimum Gasteiger partial charge on any atom is -0.395 e. The summed E-state index contributed by atoms with van der Waals surface area (Å²) in [7, 11) is 0. The van der Waals surface area contributed by atoms with Crippen molar-refractivity contribution in [2.45, 2.75) is 0 Å². The Morgan fingerprint density at radius 1 is 1.15 bits per heavy atom. The molecule has 138 valence electrons. The van der Waals surface area contributed by atoms with Crippen LogP contribution in [0.3, 0.4) is 0 Å². The van der Waals surface area contributed by atoms with E-state index in [1.165, 1.54) is 18.2 Å². The van der Waals surface area contributed by atoms with Crippen LogP contribution in [0.25, 0.3) is 0 Å². The van der Waals surface area contributed by atoms with E-state index in [4.69, 9.17) is 4.42 Å². The van der Waals surface area contributed by atoms with Crippen molar-refractivity contribution in [2.24, 2.45) is 0 Å². The normalized spacial score (nSPS) is 15.0. The van der Waals surface area contributed by atoms with E-state index in [1.807, 2.05) is 0 Å². The van der Waals surface area contributed by atoms with Crippen molar-refractivity contribution in [3.8, 4) is 0 Å². The van der Waals surface area contributed by atoms with Crippen molar-refractivity contribution in [1.82, 2.24) is 10.2 Å². The van der Waals surface area contributed by atoms with Crippen LogP contribution < -0.4 is 10.2 Å². The van der Waals surface area contributed by atoms with Gasteiger partial charge < -0.3 is 14.6 Å². The summed E-state index contributed by atoms with van der Waals surface area (Å²) in [6.07, 6.45) is 0. The predicted molar refractivity (Wildman–Crippen MR) is 92.7 cm³/mol. The maximum absolute atomic E-state index is 13.0. The molecule has 0 aliphatic carbocycles. The minimum atomic E-state index is -0.683. The Morgan fingerprint density at radius 2 is 1.85 bits per heavy atom. The number of hydrogen-bond donors (Lipinski definition) is 1. The van der Waals surface area contributed by atoms with Crippen LogP contribution in [0.4, 0.5) is 16.0 Å². The van der Waals surface area contributed by atoms with Crippen molar-refractivity contribution < 1.29 is 18.5 Å². The molecule has 1 N–H and O–H groups in total. The van der Waals surface area contributed by atoms with E-state index in [2.05, 4.69) is 15.1 Å². The van der Waals surface area contributed by atoms with Gasteiger partial charge in [0, 0.05) is 45.0 Å². The molecule has 2 aromatic rings. The van der Waals surface area contributed by atoms with Gasteiger partial charge in [0.15, 0.2) is 5.76 Å². The average Bonchev–Trinajstić information content (AvgIpc) is 3.14. The number of halogens is 1. The van der Waals surface area contributed by atoms with E-state index in [9.17, 15) is 19.3 Å². The third kappa shape index (κ3) is 4.37. The summed E-state index contributed by atoms with van der Waals surface area (Å²) < 4.78 is 17.8.